The van der Waals surface area contributed by atoms with Crippen molar-refractivity contribution in [2.24, 2.45) is 5.92 Å². The van der Waals surface area contributed by atoms with Crippen molar-refractivity contribution in [2.75, 3.05) is 18.4 Å². The molecule has 1 heterocycles. The lowest BCUT2D eigenvalue weighted by Gasteiger charge is -2.31. The smallest absolute Gasteiger partial charge is 0.254 e. The number of rotatable bonds is 3. The Bertz CT molecular complexity index is 821. The van der Waals surface area contributed by atoms with Crippen LogP contribution >= 0.6 is 0 Å². The van der Waals surface area contributed by atoms with Crippen molar-refractivity contribution in [2.45, 2.75) is 33.6 Å². The molecular formula is C22H26N2O2. The normalized spacial score (nSPS) is 15.0. The third-order valence-corrected chi connectivity index (χ3v) is 5.17. The topological polar surface area (TPSA) is 49.4 Å². The maximum atomic E-state index is 12.7. The summed E-state index contributed by atoms with van der Waals surface area (Å²) < 4.78 is 0. The second kappa shape index (κ2) is 7.73. The van der Waals surface area contributed by atoms with Gasteiger partial charge in [-0.3, -0.25) is 9.59 Å². The number of piperidine rings is 1. The highest BCUT2D eigenvalue weighted by Crippen LogP contribution is 2.23. The van der Waals surface area contributed by atoms with Gasteiger partial charge < -0.3 is 10.2 Å². The summed E-state index contributed by atoms with van der Waals surface area (Å²) in [5.74, 6) is 0.0768. The molecule has 0 unspecified atom stereocenters. The number of nitrogens with one attached hydrogen (secondary N) is 1. The molecule has 2 amide bonds. The van der Waals surface area contributed by atoms with Gasteiger partial charge in [-0.1, -0.05) is 35.9 Å². The van der Waals surface area contributed by atoms with Gasteiger partial charge in [-0.2, -0.15) is 0 Å². The Morgan fingerprint density at radius 2 is 1.65 bits per heavy atom. The van der Waals surface area contributed by atoms with Crippen molar-refractivity contribution in [1.29, 1.82) is 0 Å². The third kappa shape index (κ3) is 3.96. The fraction of sp³-hybridized carbons (Fsp3) is 0.364. The van der Waals surface area contributed by atoms with Crippen molar-refractivity contribution in [1.82, 2.24) is 4.90 Å². The van der Waals surface area contributed by atoms with Gasteiger partial charge in [0, 0.05) is 30.3 Å². The summed E-state index contributed by atoms with van der Waals surface area (Å²) in [4.78, 5) is 27.1. The molecule has 0 saturated carbocycles. The van der Waals surface area contributed by atoms with Gasteiger partial charge in [-0.05, 0) is 56.9 Å². The zero-order valence-electron chi connectivity index (χ0n) is 15.7. The number of anilines is 1. The standard InChI is InChI=1S/C22H26N2O2/c1-15-8-9-20(17(3)14-15)23-21(25)18-10-12-24(13-11-18)22(26)19-7-5-4-6-16(19)2/h4-9,14,18H,10-13H2,1-3H3,(H,23,25). The van der Waals surface area contributed by atoms with Crippen LogP contribution in [0.4, 0.5) is 5.69 Å². The monoisotopic (exact) mass is 350 g/mol. The average Bonchev–Trinajstić information content (AvgIpc) is 2.64. The van der Waals surface area contributed by atoms with Crippen LogP contribution in [-0.2, 0) is 4.79 Å². The summed E-state index contributed by atoms with van der Waals surface area (Å²) in [6, 6.07) is 13.7. The number of carbonyl (C=O) groups is 2. The first-order valence-corrected chi connectivity index (χ1v) is 9.18. The number of aryl methyl sites for hydroxylation is 3. The Morgan fingerprint density at radius 1 is 0.962 bits per heavy atom. The van der Waals surface area contributed by atoms with E-state index in [1.54, 1.807) is 0 Å². The molecule has 2 aromatic rings. The molecule has 0 aromatic heterocycles. The van der Waals surface area contributed by atoms with E-state index >= 15 is 0 Å². The van der Waals surface area contributed by atoms with Gasteiger partial charge in [0.1, 0.15) is 0 Å². The Kier molecular flexibility index (Phi) is 5.40. The molecule has 0 atom stereocenters. The van der Waals surface area contributed by atoms with E-state index in [1.807, 2.05) is 62.1 Å². The van der Waals surface area contributed by atoms with E-state index in [0.29, 0.717) is 25.9 Å². The molecule has 3 rings (SSSR count). The molecule has 1 N–H and O–H groups in total. The highest BCUT2D eigenvalue weighted by Gasteiger charge is 2.28. The maximum absolute atomic E-state index is 12.7. The average molecular weight is 350 g/mol. The molecule has 26 heavy (non-hydrogen) atoms. The summed E-state index contributed by atoms with van der Waals surface area (Å²) in [6.45, 7) is 7.25. The number of amides is 2. The number of likely N-dealkylation sites (tertiary alicyclic amines) is 1. The van der Waals surface area contributed by atoms with Crippen LogP contribution < -0.4 is 5.32 Å². The zero-order chi connectivity index (χ0) is 18.7. The summed E-state index contributed by atoms with van der Waals surface area (Å²) in [5.41, 5.74) is 4.88. The van der Waals surface area contributed by atoms with E-state index in [4.69, 9.17) is 0 Å². The molecule has 1 aliphatic rings. The number of nitrogens with zero attached hydrogens (tertiary/aromatic N) is 1. The van der Waals surface area contributed by atoms with Crippen LogP contribution in [0, 0.1) is 26.7 Å². The van der Waals surface area contributed by atoms with Crippen molar-refractivity contribution < 1.29 is 9.59 Å². The minimum Gasteiger partial charge on any atom is -0.339 e. The van der Waals surface area contributed by atoms with Crippen LogP contribution in [0.1, 0.15) is 39.9 Å². The fourth-order valence-electron chi connectivity index (χ4n) is 3.52. The molecule has 1 aliphatic heterocycles. The number of hydrogen-bond donors (Lipinski definition) is 1. The van der Waals surface area contributed by atoms with E-state index in [2.05, 4.69) is 11.4 Å². The Labute approximate surface area is 155 Å². The van der Waals surface area contributed by atoms with E-state index in [-0.39, 0.29) is 17.7 Å². The first-order valence-electron chi connectivity index (χ1n) is 9.18. The summed E-state index contributed by atoms with van der Waals surface area (Å²) in [7, 11) is 0. The molecule has 0 aliphatic carbocycles. The van der Waals surface area contributed by atoms with E-state index in [1.165, 1.54) is 5.56 Å². The van der Waals surface area contributed by atoms with Crippen LogP contribution in [0.25, 0.3) is 0 Å². The molecule has 4 nitrogen and oxygen atoms in total. The second-order valence-corrected chi connectivity index (χ2v) is 7.19. The van der Waals surface area contributed by atoms with Crippen LogP contribution in [0.15, 0.2) is 42.5 Å². The van der Waals surface area contributed by atoms with E-state index < -0.39 is 0 Å². The van der Waals surface area contributed by atoms with Gasteiger partial charge in [0.25, 0.3) is 5.91 Å². The van der Waals surface area contributed by atoms with Gasteiger partial charge in [0.2, 0.25) is 5.91 Å². The molecule has 0 bridgehead atoms. The molecule has 2 aromatic carbocycles. The molecule has 136 valence electrons. The largest absolute Gasteiger partial charge is 0.339 e. The lowest BCUT2D eigenvalue weighted by atomic mass is 9.94. The minimum atomic E-state index is -0.0448. The lowest BCUT2D eigenvalue weighted by molar-refractivity contribution is -0.121. The van der Waals surface area contributed by atoms with Gasteiger partial charge in [0.15, 0.2) is 0 Å². The van der Waals surface area contributed by atoms with E-state index in [0.717, 1.165) is 22.4 Å². The number of benzene rings is 2. The molecule has 1 fully saturated rings. The minimum absolute atomic E-state index is 0.0448. The number of hydrogen-bond acceptors (Lipinski definition) is 2. The SMILES string of the molecule is Cc1ccc(NC(=O)C2CCN(C(=O)c3ccccc3C)CC2)c(C)c1. The summed E-state index contributed by atoms with van der Waals surface area (Å²) >= 11 is 0. The van der Waals surface area contributed by atoms with Crippen molar-refractivity contribution in [3.8, 4) is 0 Å². The predicted octanol–water partition coefficient (Wildman–Crippen LogP) is 4.10. The molecule has 1 saturated heterocycles. The second-order valence-electron chi connectivity index (χ2n) is 7.19. The molecule has 0 radical (unpaired) electrons. The Morgan fingerprint density at radius 3 is 2.31 bits per heavy atom. The Balaban J connectivity index is 1.59. The summed E-state index contributed by atoms with van der Waals surface area (Å²) in [6.07, 6.45) is 1.41. The quantitative estimate of drug-likeness (QED) is 0.906. The van der Waals surface area contributed by atoms with Crippen molar-refractivity contribution in [3.05, 3.63) is 64.7 Å². The maximum Gasteiger partial charge on any atom is 0.254 e. The predicted molar refractivity (Wildman–Crippen MR) is 104 cm³/mol. The van der Waals surface area contributed by atoms with E-state index in [9.17, 15) is 9.59 Å². The van der Waals surface area contributed by atoms with Gasteiger partial charge in [0.05, 0.1) is 0 Å². The highest BCUT2D eigenvalue weighted by molar-refractivity contribution is 5.96. The van der Waals surface area contributed by atoms with Crippen molar-refractivity contribution >= 4 is 17.5 Å². The van der Waals surface area contributed by atoms with Crippen LogP contribution in [0.3, 0.4) is 0 Å². The first-order chi connectivity index (χ1) is 12.5. The fourth-order valence-corrected chi connectivity index (χ4v) is 3.52. The Hall–Kier alpha value is -2.62. The highest BCUT2D eigenvalue weighted by atomic mass is 16.2. The van der Waals surface area contributed by atoms with Crippen LogP contribution in [-0.4, -0.2) is 29.8 Å². The number of carbonyl (C=O) groups excluding carboxylic acids is 2. The van der Waals surface area contributed by atoms with Gasteiger partial charge >= 0.3 is 0 Å². The zero-order valence-corrected chi connectivity index (χ0v) is 15.7. The summed E-state index contributed by atoms with van der Waals surface area (Å²) in [5, 5.41) is 3.05. The van der Waals surface area contributed by atoms with Crippen LogP contribution in [0.2, 0.25) is 0 Å². The molecular weight excluding hydrogens is 324 g/mol. The third-order valence-electron chi connectivity index (χ3n) is 5.17. The van der Waals surface area contributed by atoms with Gasteiger partial charge in [-0.25, -0.2) is 0 Å². The molecule has 0 spiro atoms. The lowest BCUT2D eigenvalue weighted by Crippen LogP contribution is -2.41. The van der Waals surface area contributed by atoms with Crippen molar-refractivity contribution in [3.63, 3.8) is 0 Å². The van der Waals surface area contributed by atoms with Crippen LogP contribution in [0.5, 0.6) is 0 Å². The first kappa shape index (κ1) is 18.2. The van der Waals surface area contributed by atoms with Gasteiger partial charge in [-0.15, -0.1) is 0 Å². The molecule has 4 heteroatoms.